The highest BCUT2D eigenvalue weighted by atomic mass is 16.5. The molecule has 8 heteroatoms. The minimum atomic E-state index is -0.316. The standard InChI is InChI=1S/C31H25N5O3/c1-20-8-13-26(31(38)36(20)24-6-4-3-5-7-24)29(37)14-21-9-11-25(12-10-21)39-30-15-22-19-34-35(2)28(22)16-27(30)23-17-32-33-18-23/h3-13,15-19H,14H2,1-2H3,(H,32,33). The molecule has 0 unspecified atom stereocenters. The number of benzene rings is 3. The Kier molecular flexibility index (Phi) is 6.13. The van der Waals surface area contributed by atoms with Crippen LogP contribution < -0.4 is 10.3 Å². The Hall–Kier alpha value is -5.24. The molecule has 0 saturated carbocycles. The van der Waals surface area contributed by atoms with E-state index in [0.717, 1.165) is 39.0 Å². The Morgan fingerprint density at radius 1 is 0.974 bits per heavy atom. The minimum absolute atomic E-state index is 0.106. The summed E-state index contributed by atoms with van der Waals surface area (Å²) in [6.07, 6.45) is 5.47. The van der Waals surface area contributed by atoms with Gasteiger partial charge < -0.3 is 4.74 Å². The maximum atomic E-state index is 13.2. The van der Waals surface area contributed by atoms with Gasteiger partial charge in [-0.15, -0.1) is 0 Å². The quantitative estimate of drug-likeness (QED) is 0.278. The van der Waals surface area contributed by atoms with Crippen LogP contribution in [0, 0.1) is 6.92 Å². The van der Waals surface area contributed by atoms with Crippen molar-refractivity contribution in [1.29, 1.82) is 0 Å². The van der Waals surface area contributed by atoms with Crippen LogP contribution >= 0.6 is 0 Å². The summed E-state index contributed by atoms with van der Waals surface area (Å²) in [5.41, 5.74) is 4.90. The number of aromatic amines is 1. The topological polar surface area (TPSA) is 94.8 Å². The van der Waals surface area contributed by atoms with E-state index in [4.69, 9.17) is 4.74 Å². The second-order valence-corrected chi connectivity index (χ2v) is 9.37. The van der Waals surface area contributed by atoms with Crippen molar-refractivity contribution in [2.24, 2.45) is 7.05 Å². The molecule has 0 radical (unpaired) electrons. The van der Waals surface area contributed by atoms with Gasteiger partial charge >= 0.3 is 0 Å². The maximum Gasteiger partial charge on any atom is 0.266 e. The molecule has 0 aliphatic rings. The number of hydrogen-bond acceptors (Lipinski definition) is 5. The van der Waals surface area contributed by atoms with Crippen LogP contribution in [-0.4, -0.2) is 30.3 Å². The van der Waals surface area contributed by atoms with Gasteiger partial charge in [0.25, 0.3) is 5.56 Å². The number of ketones is 1. The number of aromatic nitrogens is 5. The summed E-state index contributed by atoms with van der Waals surface area (Å²) in [6, 6.07) is 24.1. The number of carbonyl (C=O) groups excluding carboxylic acids is 1. The van der Waals surface area contributed by atoms with E-state index >= 15 is 0 Å². The van der Waals surface area contributed by atoms with Crippen molar-refractivity contribution in [3.8, 4) is 28.3 Å². The number of ether oxygens (including phenoxy) is 1. The van der Waals surface area contributed by atoms with Crippen molar-refractivity contribution in [3.63, 3.8) is 0 Å². The van der Waals surface area contributed by atoms with Crippen molar-refractivity contribution in [1.82, 2.24) is 24.5 Å². The normalized spacial score (nSPS) is 11.1. The van der Waals surface area contributed by atoms with Crippen molar-refractivity contribution >= 4 is 16.7 Å². The first-order chi connectivity index (χ1) is 19.0. The molecule has 6 rings (SSSR count). The number of para-hydroxylation sites is 1. The zero-order valence-electron chi connectivity index (χ0n) is 21.5. The molecule has 3 aromatic carbocycles. The van der Waals surface area contributed by atoms with Crippen LogP contribution in [0.15, 0.2) is 102 Å². The van der Waals surface area contributed by atoms with Gasteiger partial charge in [-0.1, -0.05) is 30.3 Å². The van der Waals surface area contributed by atoms with Crippen molar-refractivity contribution in [3.05, 3.63) is 125 Å². The van der Waals surface area contributed by atoms with Gasteiger partial charge in [-0.05, 0) is 61.0 Å². The molecule has 6 aromatic rings. The van der Waals surface area contributed by atoms with Crippen LogP contribution in [0.2, 0.25) is 0 Å². The predicted octanol–water partition coefficient (Wildman–Crippen LogP) is 5.64. The number of carbonyl (C=O) groups is 1. The number of H-pyrrole nitrogens is 1. The molecule has 0 atom stereocenters. The molecule has 39 heavy (non-hydrogen) atoms. The summed E-state index contributed by atoms with van der Waals surface area (Å²) in [5, 5.41) is 12.2. The Bertz CT molecular complexity index is 1850. The number of pyridine rings is 1. The number of nitrogens with one attached hydrogen (secondary N) is 1. The second kappa shape index (κ2) is 9.90. The van der Waals surface area contributed by atoms with Crippen LogP contribution in [0.4, 0.5) is 0 Å². The van der Waals surface area contributed by atoms with Gasteiger partial charge in [-0.25, -0.2) is 0 Å². The molecule has 0 aliphatic heterocycles. The second-order valence-electron chi connectivity index (χ2n) is 9.37. The van der Waals surface area contributed by atoms with Gasteiger partial charge in [-0.2, -0.15) is 10.2 Å². The smallest absolute Gasteiger partial charge is 0.266 e. The minimum Gasteiger partial charge on any atom is -0.457 e. The molecular weight excluding hydrogens is 490 g/mol. The van der Waals surface area contributed by atoms with Gasteiger partial charge in [0.1, 0.15) is 11.5 Å². The Labute approximate surface area is 224 Å². The molecular formula is C31H25N5O3. The third kappa shape index (κ3) is 4.64. The molecule has 0 aliphatic carbocycles. The lowest BCUT2D eigenvalue weighted by atomic mass is 10.0. The van der Waals surface area contributed by atoms with Crippen LogP contribution in [-0.2, 0) is 13.5 Å². The summed E-state index contributed by atoms with van der Waals surface area (Å²) >= 11 is 0. The average Bonchev–Trinajstić information content (AvgIpc) is 3.60. The lowest BCUT2D eigenvalue weighted by Crippen LogP contribution is -2.27. The molecule has 0 bridgehead atoms. The number of rotatable bonds is 7. The number of nitrogens with zero attached hydrogens (tertiary/aromatic N) is 4. The monoisotopic (exact) mass is 515 g/mol. The summed E-state index contributed by atoms with van der Waals surface area (Å²) in [4.78, 5) is 26.4. The van der Waals surface area contributed by atoms with Gasteiger partial charge in [0, 0.05) is 47.6 Å². The number of aryl methyl sites for hydroxylation is 2. The summed E-state index contributed by atoms with van der Waals surface area (Å²) < 4.78 is 9.66. The lowest BCUT2D eigenvalue weighted by Gasteiger charge is -2.12. The maximum absolute atomic E-state index is 13.2. The zero-order valence-corrected chi connectivity index (χ0v) is 21.5. The molecule has 192 valence electrons. The van der Waals surface area contributed by atoms with Gasteiger partial charge in [0.05, 0.1) is 23.5 Å². The Morgan fingerprint density at radius 3 is 2.51 bits per heavy atom. The predicted molar refractivity (Wildman–Crippen MR) is 150 cm³/mol. The number of Topliss-reactive ketones (excluding diaryl/α,β-unsaturated/α-hetero) is 1. The molecule has 8 nitrogen and oxygen atoms in total. The highest BCUT2D eigenvalue weighted by Crippen LogP contribution is 2.36. The third-order valence-corrected chi connectivity index (χ3v) is 6.76. The van der Waals surface area contributed by atoms with Gasteiger partial charge in [0.2, 0.25) is 0 Å². The fraction of sp³-hybridized carbons (Fsp3) is 0.0968. The molecule has 1 N–H and O–H groups in total. The highest BCUT2D eigenvalue weighted by molar-refractivity contribution is 5.97. The molecule has 3 heterocycles. The van der Waals surface area contributed by atoms with Crippen LogP contribution in [0.1, 0.15) is 21.6 Å². The van der Waals surface area contributed by atoms with Crippen LogP contribution in [0.3, 0.4) is 0 Å². The van der Waals surface area contributed by atoms with E-state index in [2.05, 4.69) is 15.3 Å². The van der Waals surface area contributed by atoms with E-state index in [1.165, 1.54) is 0 Å². The van der Waals surface area contributed by atoms with E-state index in [1.54, 1.807) is 29.1 Å². The van der Waals surface area contributed by atoms with Gasteiger partial charge in [-0.3, -0.25) is 23.9 Å². The summed E-state index contributed by atoms with van der Waals surface area (Å²) in [6.45, 7) is 1.85. The Balaban J connectivity index is 1.24. The van der Waals surface area contributed by atoms with E-state index in [1.807, 2.05) is 91.6 Å². The molecule has 3 aromatic heterocycles. The first kappa shape index (κ1) is 24.1. The number of hydrogen-bond donors (Lipinski definition) is 1. The van der Waals surface area contributed by atoms with Crippen LogP contribution in [0.25, 0.3) is 27.7 Å². The first-order valence-corrected chi connectivity index (χ1v) is 12.5. The summed E-state index contributed by atoms with van der Waals surface area (Å²) in [5.74, 6) is 1.06. The number of fused-ring (bicyclic) bond motifs is 1. The average molecular weight is 516 g/mol. The fourth-order valence-electron chi connectivity index (χ4n) is 4.71. The van der Waals surface area contributed by atoms with E-state index < -0.39 is 0 Å². The third-order valence-electron chi connectivity index (χ3n) is 6.76. The summed E-state index contributed by atoms with van der Waals surface area (Å²) in [7, 11) is 1.90. The largest absolute Gasteiger partial charge is 0.457 e. The SMILES string of the molecule is Cc1ccc(C(=O)Cc2ccc(Oc3cc4cnn(C)c4cc3-c3cn[nH]c3)cc2)c(=O)n1-c1ccccc1. The van der Waals surface area contributed by atoms with E-state index in [0.29, 0.717) is 11.5 Å². The fourth-order valence-corrected chi connectivity index (χ4v) is 4.71. The lowest BCUT2D eigenvalue weighted by molar-refractivity contribution is 0.0991. The molecule has 0 spiro atoms. The van der Waals surface area contributed by atoms with Crippen molar-refractivity contribution in [2.45, 2.75) is 13.3 Å². The first-order valence-electron chi connectivity index (χ1n) is 12.5. The van der Waals surface area contributed by atoms with E-state index in [9.17, 15) is 9.59 Å². The Morgan fingerprint density at radius 2 is 1.77 bits per heavy atom. The highest BCUT2D eigenvalue weighted by Gasteiger charge is 2.16. The van der Waals surface area contributed by atoms with E-state index in [-0.39, 0.29) is 23.3 Å². The molecule has 0 amide bonds. The van der Waals surface area contributed by atoms with Crippen LogP contribution in [0.5, 0.6) is 11.5 Å². The van der Waals surface area contributed by atoms with Gasteiger partial charge in [0.15, 0.2) is 5.78 Å². The van der Waals surface area contributed by atoms with Crippen molar-refractivity contribution < 1.29 is 9.53 Å². The van der Waals surface area contributed by atoms with Crippen molar-refractivity contribution in [2.75, 3.05) is 0 Å². The molecule has 0 saturated heterocycles. The zero-order chi connectivity index (χ0) is 26.9. The molecule has 0 fully saturated rings.